The second-order valence-electron chi connectivity index (χ2n) is 7.42. The normalized spacial score (nSPS) is 14.7. The van der Waals surface area contributed by atoms with Gasteiger partial charge < -0.3 is 9.84 Å². The summed E-state index contributed by atoms with van der Waals surface area (Å²) in [5, 5.41) is 11.3. The van der Waals surface area contributed by atoms with E-state index in [9.17, 15) is 19.2 Å². The monoisotopic (exact) mass is 598 g/mol. The molecular formula is C25H16Br2N2O6. The van der Waals surface area contributed by atoms with Crippen molar-refractivity contribution in [3.63, 3.8) is 0 Å². The van der Waals surface area contributed by atoms with Gasteiger partial charge in [-0.3, -0.25) is 14.9 Å². The van der Waals surface area contributed by atoms with Crippen molar-refractivity contribution < 1.29 is 29.0 Å². The lowest BCUT2D eigenvalue weighted by molar-refractivity contribution is -0.122. The van der Waals surface area contributed by atoms with E-state index in [0.717, 1.165) is 9.37 Å². The number of anilines is 1. The number of rotatable bonds is 6. The molecule has 1 aliphatic heterocycles. The van der Waals surface area contributed by atoms with E-state index in [-0.39, 0.29) is 17.7 Å². The molecule has 1 aliphatic rings. The van der Waals surface area contributed by atoms with Gasteiger partial charge in [0.1, 0.15) is 17.9 Å². The molecule has 0 saturated carbocycles. The van der Waals surface area contributed by atoms with Crippen LogP contribution in [0.5, 0.6) is 5.75 Å². The Labute approximate surface area is 216 Å². The number of carboxylic acids is 1. The van der Waals surface area contributed by atoms with E-state index in [2.05, 4.69) is 37.2 Å². The molecule has 0 aliphatic carbocycles. The summed E-state index contributed by atoms with van der Waals surface area (Å²) in [5.41, 5.74) is 1.51. The Hall–Kier alpha value is -3.76. The average Bonchev–Trinajstić information content (AvgIpc) is 2.82. The number of urea groups is 1. The maximum atomic E-state index is 13.0. The summed E-state index contributed by atoms with van der Waals surface area (Å²) in [6, 6.07) is 17.1. The molecule has 1 fully saturated rings. The van der Waals surface area contributed by atoms with Gasteiger partial charge in [-0.2, -0.15) is 0 Å². The fourth-order valence-corrected chi connectivity index (χ4v) is 4.10. The highest BCUT2D eigenvalue weighted by atomic mass is 79.9. The first-order valence-corrected chi connectivity index (χ1v) is 11.7. The van der Waals surface area contributed by atoms with E-state index in [1.165, 1.54) is 18.2 Å². The van der Waals surface area contributed by atoms with Crippen molar-refractivity contribution in [3.8, 4) is 5.75 Å². The van der Waals surface area contributed by atoms with Crippen LogP contribution in [0.2, 0.25) is 0 Å². The minimum Gasteiger partial charge on any atom is -0.488 e. The number of barbiturate groups is 1. The molecule has 0 spiro atoms. The Balaban J connectivity index is 1.54. The fourth-order valence-electron chi connectivity index (χ4n) is 3.33. The molecule has 35 heavy (non-hydrogen) atoms. The zero-order valence-electron chi connectivity index (χ0n) is 17.8. The van der Waals surface area contributed by atoms with Crippen LogP contribution in [0.15, 0.2) is 81.2 Å². The van der Waals surface area contributed by atoms with Gasteiger partial charge in [0.2, 0.25) is 0 Å². The van der Waals surface area contributed by atoms with E-state index in [0.29, 0.717) is 27.0 Å². The SMILES string of the molecule is O=C1NC(=O)N(c2ccc(Br)cc2)C(=O)/C1=C/c1ccc(OCc2cccc(C(=O)O)c2)c(Br)c1. The quantitative estimate of drug-likeness (QED) is 0.299. The van der Waals surface area contributed by atoms with Gasteiger partial charge in [-0.1, -0.05) is 34.1 Å². The maximum absolute atomic E-state index is 13.0. The second-order valence-corrected chi connectivity index (χ2v) is 9.19. The highest BCUT2D eigenvalue weighted by molar-refractivity contribution is 9.10. The number of carbonyl (C=O) groups is 4. The predicted octanol–water partition coefficient (Wildman–Crippen LogP) is 5.16. The Morgan fingerprint density at radius 3 is 2.43 bits per heavy atom. The van der Waals surface area contributed by atoms with Crippen LogP contribution in [0.3, 0.4) is 0 Å². The molecule has 0 bridgehead atoms. The first-order chi connectivity index (χ1) is 16.7. The molecule has 0 atom stereocenters. The summed E-state index contributed by atoms with van der Waals surface area (Å²) >= 11 is 6.72. The highest BCUT2D eigenvalue weighted by Crippen LogP contribution is 2.29. The van der Waals surface area contributed by atoms with E-state index >= 15 is 0 Å². The number of carboxylic acid groups (broad SMARTS) is 1. The number of aromatic carboxylic acids is 1. The first kappa shape index (κ1) is 24.4. The van der Waals surface area contributed by atoms with E-state index in [1.54, 1.807) is 54.6 Å². The van der Waals surface area contributed by atoms with Crippen LogP contribution in [-0.4, -0.2) is 28.9 Å². The molecule has 176 valence electrons. The smallest absolute Gasteiger partial charge is 0.335 e. The van der Waals surface area contributed by atoms with Gasteiger partial charge in [0.05, 0.1) is 15.7 Å². The molecule has 0 radical (unpaired) electrons. The van der Waals surface area contributed by atoms with Crippen LogP contribution in [0.25, 0.3) is 6.08 Å². The number of carbonyl (C=O) groups excluding carboxylic acids is 3. The summed E-state index contributed by atoms with van der Waals surface area (Å²) in [4.78, 5) is 49.8. The Morgan fingerprint density at radius 1 is 1.00 bits per heavy atom. The molecule has 1 heterocycles. The number of nitrogens with zero attached hydrogens (tertiary/aromatic N) is 1. The van der Waals surface area contributed by atoms with Gasteiger partial charge in [-0.15, -0.1) is 0 Å². The van der Waals surface area contributed by atoms with Gasteiger partial charge in [-0.25, -0.2) is 14.5 Å². The summed E-state index contributed by atoms with van der Waals surface area (Å²) in [7, 11) is 0. The molecule has 0 unspecified atom stereocenters. The van der Waals surface area contributed by atoms with Crippen LogP contribution in [0.1, 0.15) is 21.5 Å². The van der Waals surface area contributed by atoms with Crippen molar-refractivity contribution in [2.45, 2.75) is 6.61 Å². The van der Waals surface area contributed by atoms with Crippen molar-refractivity contribution in [2.75, 3.05) is 4.90 Å². The van der Waals surface area contributed by atoms with Gasteiger partial charge >= 0.3 is 12.0 Å². The Bertz CT molecular complexity index is 1380. The topological polar surface area (TPSA) is 113 Å². The third-order valence-corrected chi connectivity index (χ3v) is 6.17. The van der Waals surface area contributed by atoms with Gasteiger partial charge in [-0.05, 0) is 81.7 Å². The predicted molar refractivity (Wildman–Crippen MR) is 135 cm³/mol. The fraction of sp³-hybridized carbons (Fsp3) is 0.0400. The number of halogens is 2. The summed E-state index contributed by atoms with van der Waals surface area (Å²) in [6.45, 7) is 0.144. The number of imide groups is 2. The molecule has 1 saturated heterocycles. The van der Waals surface area contributed by atoms with Crippen molar-refractivity contribution in [2.24, 2.45) is 0 Å². The number of ether oxygens (including phenoxy) is 1. The molecule has 4 rings (SSSR count). The Kier molecular flexibility index (Phi) is 7.13. The molecule has 0 aromatic heterocycles. The molecule has 10 heteroatoms. The zero-order chi connectivity index (χ0) is 25.1. The summed E-state index contributed by atoms with van der Waals surface area (Å²) in [6.07, 6.45) is 1.39. The zero-order valence-corrected chi connectivity index (χ0v) is 21.0. The standard InChI is InChI=1S/C25H16Br2N2O6/c26-17-5-7-18(8-6-17)29-23(31)19(22(30)28-25(29)34)11-14-4-9-21(20(27)12-14)35-13-15-2-1-3-16(10-15)24(32)33/h1-12H,13H2,(H,32,33)(H,28,30,34)/b19-11+. The first-order valence-electron chi connectivity index (χ1n) is 10.1. The average molecular weight is 600 g/mol. The molecule has 2 N–H and O–H groups in total. The third kappa shape index (κ3) is 5.50. The summed E-state index contributed by atoms with van der Waals surface area (Å²) < 4.78 is 7.12. The number of nitrogens with one attached hydrogen (secondary N) is 1. The molecule has 4 amide bonds. The highest BCUT2D eigenvalue weighted by Gasteiger charge is 2.36. The molecule has 8 nitrogen and oxygen atoms in total. The minimum absolute atomic E-state index is 0.144. The molecule has 3 aromatic rings. The van der Waals surface area contributed by atoms with Crippen LogP contribution < -0.4 is 15.0 Å². The molecular weight excluding hydrogens is 584 g/mol. The van der Waals surface area contributed by atoms with Crippen LogP contribution in [0, 0.1) is 0 Å². The summed E-state index contributed by atoms with van der Waals surface area (Å²) in [5.74, 6) is -2.06. The second kappa shape index (κ2) is 10.2. The van der Waals surface area contributed by atoms with Crippen molar-refractivity contribution in [1.82, 2.24) is 5.32 Å². The van der Waals surface area contributed by atoms with Crippen molar-refractivity contribution in [3.05, 3.63) is 97.9 Å². The lowest BCUT2D eigenvalue weighted by Crippen LogP contribution is -2.54. The van der Waals surface area contributed by atoms with Gasteiger partial charge in [0, 0.05) is 4.47 Å². The number of benzene rings is 3. The van der Waals surface area contributed by atoms with E-state index < -0.39 is 23.8 Å². The van der Waals surface area contributed by atoms with Gasteiger partial charge in [0.15, 0.2) is 0 Å². The molecule has 3 aromatic carbocycles. The lowest BCUT2D eigenvalue weighted by Gasteiger charge is -2.26. The third-order valence-electron chi connectivity index (χ3n) is 5.02. The number of hydrogen-bond donors (Lipinski definition) is 2. The van der Waals surface area contributed by atoms with Gasteiger partial charge in [0.25, 0.3) is 11.8 Å². The maximum Gasteiger partial charge on any atom is 0.335 e. The largest absolute Gasteiger partial charge is 0.488 e. The van der Waals surface area contributed by atoms with Crippen LogP contribution >= 0.6 is 31.9 Å². The van der Waals surface area contributed by atoms with E-state index in [1.807, 2.05) is 0 Å². The van der Waals surface area contributed by atoms with E-state index in [4.69, 9.17) is 9.84 Å². The van der Waals surface area contributed by atoms with Crippen LogP contribution in [0.4, 0.5) is 10.5 Å². The number of hydrogen-bond acceptors (Lipinski definition) is 5. The minimum atomic E-state index is -1.02. The Morgan fingerprint density at radius 2 is 1.74 bits per heavy atom. The number of amides is 4. The lowest BCUT2D eigenvalue weighted by atomic mass is 10.1. The van der Waals surface area contributed by atoms with Crippen LogP contribution in [-0.2, 0) is 16.2 Å². The van der Waals surface area contributed by atoms with Crippen molar-refractivity contribution in [1.29, 1.82) is 0 Å². The van der Waals surface area contributed by atoms with Crippen molar-refractivity contribution >= 4 is 67.4 Å².